The molecule has 0 saturated carbocycles. The first kappa shape index (κ1) is 12.7. The van der Waals surface area contributed by atoms with Gasteiger partial charge in [-0.25, -0.2) is 4.98 Å². The second-order valence-electron chi connectivity index (χ2n) is 4.85. The summed E-state index contributed by atoms with van der Waals surface area (Å²) in [6, 6.07) is 5.94. The SMILES string of the molecule is CCc1cc(CC)c(/C=C2/C(=O)Nc3ncccc32)[nH]1. The third kappa shape index (κ3) is 2.03. The van der Waals surface area contributed by atoms with E-state index in [1.54, 1.807) is 6.20 Å². The smallest absolute Gasteiger partial charge is 0.257 e. The molecule has 1 aliphatic heterocycles. The molecule has 20 heavy (non-hydrogen) atoms. The number of hydrogen-bond acceptors (Lipinski definition) is 2. The van der Waals surface area contributed by atoms with Crippen LogP contribution in [0.15, 0.2) is 24.4 Å². The van der Waals surface area contributed by atoms with E-state index in [0.717, 1.165) is 24.1 Å². The quantitative estimate of drug-likeness (QED) is 0.840. The van der Waals surface area contributed by atoms with Crippen molar-refractivity contribution in [1.82, 2.24) is 9.97 Å². The Morgan fingerprint density at radius 2 is 2.15 bits per heavy atom. The second-order valence-corrected chi connectivity index (χ2v) is 4.85. The third-order valence-electron chi connectivity index (χ3n) is 3.61. The molecule has 1 amide bonds. The van der Waals surface area contributed by atoms with E-state index in [9.17, 15) is 4.79 Å². The Labute approximate surface area is 117 Å². The van der Waals surface area contributed by atoms with Gasteiger partial charge in [0.15, 0.2) is 0 Å². The lowest BCUT2D eigenvalue weighted by Crippen LogP contribution is -2.04. The third-order valence-corrected chi connectivity index (χ3v) is 3.61. The highest BCUT2D eigenvalue weighted by molar-refractivity contribution is 6.34. The van der Waals surface area contributed by atoms with Crippen LogP contribution in [0.5, 0.6) is 0 Å². The second kappa shape index (κ2) is 4.96. The number of fused-ring (bicyclic) bond motifs is 1. The van der Waals surface area contributed by atoms with Crippen molar-refractivity contribution in [3.05, 3.63) is 46.9 Å². The summed E-state index contributed by atoms with van der Waals surface area (Å²) in [6.45, 7) is 4.23. The van der Waals surface area contributed by atoms with Crippen molar-refractivity contribution in [1.29, 1.82) is 0 Å². The van der Waals surface area contributed by atoms with Crippen molar-refractivity contribution in [3.8, 4) is 0 Å². The predicted molar refractivity (Wildman–Crippen MR) is 80.3 cm³/mol. The molecule has 0 bridgehead atoms. The Morgan fingerprint density at radius 3 is 2.90 bits per heavy atom. The number of nitrogens with zero attached hydrogens (tertiary/aromatic N) is 1. The summed E-state index contributed by atoms with van der Waals surface area (Å²) in [6.07, 6.45) is 5.52. The fraction of sp³-hybridized carbons (Fsp3) is 0.250. The van der Waals surface area contributed by atoms with E-state index >= 15 is 0 Å². The molecule has 0 unspecified atom stereocenters. The van der Waals surface area contributed by atoms with Gasteiger partial charge in [-0.3, -0.25) is 4.79 Å². The summed E-state index contributed by atoms with van der Waals surface area (Å²) in [7, 11) is 0. The molecule has 0 spiro atoms. The van der Waals surface area contributed by atoms with Gasteiger partial charge in [0.1, 0.15) is 5.82 Å². The van der Waals surface area contributed by atoms with Crippen LogP contribution in [0.2, 0.25) is 0 Å². The van der Waals surface area contributed by atoms with Crippen LogP contribution in [0, 0.1) is 0 Å². The lowest BCUT2D eigenvalue weighted by Gasteiger charge is -1.98. The van der Waals surface area contributed by atoms with Crippen molar-refractivity contribution in [3.63, 3.8) is 0 Å². The maximum absolute atomic E-state index is 12.1. The molecule has 1 aliphatic rings. The molecule has 0 atom stereocenters. The summed E-state index contributed by atoms with van der Waals surface area (Å²) in [5, 5.41) is 2.79. The number of anilines is 1. The normalized spacial score (nSPS) is 15.5. The minimum absolute atomic E-state index is 0.0894. The van der Waals surface area contributed by atoms with Crippen molar-refractivity contribution in [2.75, 3.05) is 5.32 Å². The van der Waals surface area contributed by atoms with Gasteiger partial charge in [-0.1, -0.05) is 13.8 Å². The van der Waals surface area contributed by atoms with Crippen LogP contribution < -0.4 is 5.32 Å². The topological polar surface area (TPSA) is 57.8 Å². The molecular weight excluding hydrogens is 250 g/mol. The highest BCUT2D eigenvalue weighted by atomic mass is 16.2. The van der Waals surface area contributed by atoms with Gasteiger partial charge in [0.05, 0.1) is 5.57 Å². The molecule has 102 valence electrons. The van der Waals surface area contributed by atoms with Crippen molar-refractivity contribution in [2.24, 2.45) is 0 Å². The van der Waals surface area contributed by atoms with Gasteiger partial charge in [-0.15, -0.1) is 0 Å². The highest BCUT2D eigenvalue weighted by Crippen LogP contribution is 2.31. The van der Waals surface area contributed by atoms with Crippen LogP contribution in [0.4, 0.5) is 5.82 Å². The average Bonchev–Trinajstić information content (AvgIpc) is 3.01. The van der Waals surface area contributed by atoms with Gasteiger partial charge in [-0.05, 0) is 42.7 Å². The monoisotopic (exact) mass is 267 g/mol. The van der Waals surface area contributed by atoms with Crippen LogP contribution >= 0.6 is 0 Å². The van der Waals surface area contributed by atoms with Gasteiger partial charge < -0.3 is 10.3 Å². The Hall–Kier alpha value is -2.36. The first-order valence-corrected chi connectivity index (χ1v) is 6.92. The van der Waals surface area contributed by atoms with E-state index in [2.05, 4.69) is 35.2 Å². The van der Waals surface area contributed by atoms with E-state index in [0.29, 0.717) is 11.4 Å². The highest BCUT2D eigenvalue weighted by Gasteiger charge is 2.25. The maximum atomic E-state index is 12.1. The molecular formula is C16H17N3O. The van der Waals surface area contributed by atoms with Crippen LogP contribution in [0.3, 0.4) is 0 Å². The van der Waals surface area contributed by atoms with Crippen LogP contribution in [-0.4, -0.2) is 15.9 Å². The van der Waals surface area contributed by atoms with Crippen molar-refractivity contribution in [2.45, 2.75) is 26.7 Å². The number of aromatic amines is 1. The van der Waals surface area contributed by atoms with Gasteiger partial charge in [-0.2, -0.15) is 0 Å². The number of amides is 1. The number of pyridine rings is 1. The summed E-state index contributed by atoms with van der Waals surface area (Å²) >= 11 is 0. The first-order valence-electron chi connectivity index (χ1n) is 6.92. The van der Waals surface area contributed by atoms with Crippen LogP contribution in [0.25, 0.3) is 11.6 Å². The van der Waals surface area contributed by atoms with E-state index in [4.69, 9.17) is 0 Å². The first-order chi connectivity index (χ1) is 9.72. The van der Waals surface area contributed by atoms with Gasteiger partial charge >= 0.3 is 0 Å². The number of carbonyl (C=O) groups is 1. The maximum Gasteiger partial charge on any atom is 0.257 e. The zero-order valence-corrected chi connectivity index (χ0v) is 11.7. The van der Waals surface area contributed by atoms with Gasteiger partial charge in [0, 0.05) is 23.1 Å². The molecule has 3 heterocycles. The number of hydrogen-bond donors (Lipinski definition) is 2. The Balaban J connectivity index is 2.08. The fourth-order valence-corrected chi connectivity index (χ4v) is 2.50. The zero-order valence-electron chi connectivity index (χ0n) is 11.7. The molecule has 0 fully saturated rings. The summed E-state index contributed by atoms with van der Waals surface area (Å²) in [4.78, 5) is 19.6. The van der Waals surface area contributed by atoms with Crippen LogP contribution in [0.1, 0.15) is 36.4 Å². The number of rotatable bonds is 3. The van der Waals surface area contributed by atoms with E-state index in [-0.39, 0.29) is 5.91 Å². The number of nitrogens with one attached hydrogen (secondary N) is 2. The van der Waals surface area contributed by atoms with E-state index < -0.39 is 0 Å². The molecule has 4 heteroatoms. The zero-order chi connectivity index (χ0) is 14.1. The van der Waals surface area contributed by atoms with E-state index in [1.165, 1.54) is 11.3 Å². The molecule has 0 saturated heterocycles. The molecule has 0 radical (unpaired) electrons. The average molecular weight is 267 g/mol. The number of aromatic nitrogens is 2. The van der Waals surface area contributed by atoms with Crippen LogP contribution in [-0.2, 0) is 17.6 Å². The number of carbonyl (C=O) groups excluding carboxylic acids is 1. The van der Waals surface area contributed by atoms with E-state index in [1.807, 2.05) is 18.2 Å². The lowest BCUT2D eigenvalue weighted by molar-refractivity contribution is -0.110. The Kier molecular flexibility index (Phi) is 3.14. The van der Waals surface area contributed by atoms with Crippen molar-refractivity contribution >= 4 is 23.4 Å². The molecule has 2 aromatic heterocycles. The standard InChI is InChI=1S/C16H17N3O/c1-3-10-8-11(4-2)18-14(10)9-13-12-6-5-7-17-15(12)19-16(13)20/h5-9,18H,3-4H2,1-2H3,(H,17,19,20)/b13-9+. The summed E-state index contributed by atoms with van der Waals surface area (Å²) in [5.41, 5.74) is 4.99. The number of H-pyrrole nitrogens is 1. The molecule has 0 aromatic carbocycles. The fourth-order valence-electron chi connectivity index (χ4n) is 2.50. The lowest BCUT2D eigenvalue weighted by atomic mass is 10.1. The predicted octanol–water partition coefficient (Wildman–Crippen LogP) is 3.03. The Bertz CT molecular complexity index is 697. The largest absolute Gasteiger partial charge is 0.359 e. The molecule has 3 rings (SSSR count). The minimum atomic E-state index is -0.0894. The molecule has 4 nitrogen and oxygen atoms in total. The minimum Gasteiger partial charge on any atom is -0.359 e. The molecule has 0 aliphatic carbocycles. The number of aryl methyl sites for hydroxylation is 2. The van der Waals surface area contributed by atoms with Gasteiger partial charge in [0.25, 0.3) is 5.91 Å². The van der Waals surface area contributed by atoms with Crippen molar-refractivity contribution < 1.29 is 4.79 Å². The summed E-state index contributed by atoms with van der Waals surface area (Å²) < 4.78 is 0. The molecule has 2 N–H and O–H groups in total. The summed E-state index contributed by atoms with van der Waals surface area (Å²) in [5.74, 6) is 0.553. The Morgan fingerprint density at radius 1 is 1.30 bits per heavy atom. The van der Waals surface area contributed by atoms with Gasteiger partial charge in [0.2, 0.25) is 0 Å². The molecule has 2 aromatic rings.